The molecule has 1 aliphatic heterocycles. The molecule has 0 bridgehead atoms. The summed E-state index contributed by atoms with van der Waals surface area (Å²) in [7, 11) is 4.73. The van der Waals surface area contributed by atoms with E-state index in [0.717, 1.165) is 16.9 Å². The normalized spacial score (nSPS) is 15.0. The predicted molar refractivity (Wildman–Crippen MR) is 153 cm³/mol. The summed E-state index contributed by atoms with van der Waals surface area (Å²) in [6.07, 6.45) is -0.517. The molecule has 0 spiro atoms. The first kappa shape index (κ1) is 32.4. The van der Waals surface area contributed by atoms with Crippen LogP contribution in [0.15, 0.2) is 54.6 Å². The maximum Gasteiger partial charge on any atom is 0.407 e. The van der Waals surface area contributed by atoms with Crippen molar-refractivity contribution in [3.05, 3.63) is 65.7 Å². The number of carbonyl (C=O) groups excluding carboxylic acids is 4. The van der Waals surface area contributed by atoms with E-state index in [4.69, 9.17) is 18.9 Å². The quantitative estimate of drug-likeness (QED) is 0.330. The lowest BCUT2D eigenvalue weighted by Crippen LogP contribution is -2.58. The van der Waals surface area contributed by atoms with Crippen molar-refractivity contribution in [3.63, 3.8) is 0 Å². The monoisotopic (exact) mass is 584 g/mol. The topological polar surface area (TPSA) is 127 Å². The van der Waals surface area contributed by atoms with Gasteiger partial charge in [0.25, 0.3) is 0 Å². The molecule has 0 radical (unpaired) electrons. The summed E-state index contributed by atoms with van der Waals surface area (Å²) < 4.78 is 20.6. The van der Waals surface area contributed by atoms with Gasteiger partial charge in [0.1, 0.15) is 25.6 Å². The number of likely N-dealkylation sites (N-methyl/N-ethyl adjacent to an activating group) is 1. The maximum absolute atomic E-state index is 13.1. The minimum absolute atomic E-state index is 0.00547. The van der Waals surface area contributed by atoms with Crippen LogP contribution in [0.2, 0.25) is 0 Å². The van der Waals surface area contributed by atoms with Crippen LogP contribution in [0.5, 0.6) is 5.75 Å². The summed E-state index contributed by atoms with van der Waals surface area (Å²) in [5.74, 6) is -0.0435. The van der Waals surface area contributed by atoms with Crippen molar-refractivity contribution in [1.29, 1.82) is 0 Å². The van der Waals surface area contributed by atoms with Crippen LogP contribution in [0.3, 0.4) is 0 Å². The first-order valence-electron chi connectivity index (χ1n) is 13.8. The molecule has 12 nitrogen and oxygen atoms in total. The highest BCUT2D eigenvalue weighted by Crippen LogP contribution is 2.15. The third-order valence-electron chi connectivity index (χ3n) is 6.82. The Kier molecular flexibility index (Phi) is 13.1. The van der Waals surface area contributed by atoms with Crippen LogP contribution in [-0.4, -0.2) is 112 Å². The van der Waals surface area contributed by atoms with E-state index in [1.54, 1.807) is 24.0 Å². The molecule has 1 aliphatic rings. The van der Waals surface area contributed by atoms with Gasteiger partial charge in [0.05, 0.1) is 19.7 Å². The van der Waals surface area contributed by atoms with Gasteiger partial charge < -0.3 is 34.1 Å². The van der Waals surface area contributed by atoms with Crippen LogP contribution in [-0.2, 0) is 41.7 Å². The number of piperazine rings is 1. The third-order valence-corrected chi connectivity index (χ3v) is 6.82. The lowest BCUT2D eigenvalue weighted by molar-refractivity contribution is -0.151. The lowest BCUT2D eigenvalue weighted by Gasteiger charge is -2.41. The number of nitrogens with zero attached hydrogens (tertiary/aromatic N) is 3. The Labute approximate surface area is 246 Å². The highest BCUT2D eigenvalue weighted by Gasteiger charge is 2.32. The summed E-state index contributed by atoms with van der Waals surface area (Å²) in [6, 6.07) is 16.4. The number of benzene rings is 2. The first-order valence-corrected chi connectivity index (χ1v) is 13.8. The summed E-state index contributed by atoms with van der Waals surface area (Å²) in [4.78, 5) is 55.2. The molecule has 2 aromatic carbocycles. The molecule has 3 rings (SSSR count). The maximum atomic E-state index is 13.1. The molecule has 0 aliphatic carbocycles. The molecule has 1 unspecified atom stereocenters. The largest absolute Gasteiger partial charge is 0.497 e. The Morgan fingerprint density at radius 1 is 0.952 bits per heavy atom. The van der Waals surface area contributed by atoms with E-state index in [-0.39, 0.29) is 63.7 Å². The zero-order valence-electron chi connectivity index (χ0n) is 24.5. The molecular weight excluding hydrogens is 544 g/mol. The molecule has 42 heavy (non-hydrogen) atoms. The van der Waals surface area contributed by atoms with Gasteiger partial charge in [0, 0.05) is 53.3 Å². The second-order valence-electron chi connectivity index (χ2n) is 9.92. The van der Waals surface area contributed by atoms with E-state index in [2.05, 4.69) is 5.32 Å². The van der Waals surface area contributed by atoms with E-state index in [1.807, 2.05) is 59.5 Å². The van der Waals surface area contributed by atoms with Gasteiger partial charge in [-0.2, -0.15) is 0 Å². The van der Waals surface area contributed by atoms with Gasteiger partial charge >= 0.3 is 12.1 Å². The summed E-state index contributed by atoms with van der Waals surface area (Å²) >= 11 is 0. The Morgan fingerprint density at radius 2 is 1.69 bits per heavy atom. The summed E-state index contributed by atoms with van der Waals surface area (Å²) in [5, 5.41) is 2.60. The fourth-order valence-electron chi connectivity index (χ4n) is 4.43. The molecule has 1 heterocycles. The summed E-state index contributed by atoms with van der Waals surface area (Å²) in [6.45, 7) is 1.70. The molecular formula is C30H40N4O8. The molecule has 1 fully saturated rings. The molecule has 0 saturated carbocycles. The first-order chi connectivity index (χ1) is 20.3. The van der Waals surface area contributed by atoms with Gasteiger partial charge in [-0.1, -0.05) is 42.5 Å². The number of methoxy groups -OCH3 is 2. The standard InChI is InChI=1S/C30H40N4O8/c1-32(17-23-9-11-26(40-3)12-10-23)28(36)19-33-15-16-34(18-25(33)21-41-29(37)22-39-2)27(35)13-14-31-30(38)42-20-24-7-5-4-6-8-24/h4-12,25H,13-22H2,1-3H3,(H,31,38). The average molecular weight is 585 g/mol. The fraction of sp³-hybridized carbons (Fsp3) is 0.467. The van der Waals surface area contributed by atoms with Crippen molar-refractivity contribution in [2.45, 2.75) is 25.6 Å². The fourth-order valence-corrected chi connectivity index (χ4v) is 4.43. The second kappa shape index (κ2) is 16.9. The van der Waals surface area contributed by atoms with Gasteiger partial charge in [0.15, 0.2) is 0 Å². The van der Waals surface area contributed by atoms with Crippen molar-refractivity contribution in [3.8, 4) is 5.75 Å². The average Bonchev–Trinajstić information content (AvgIpc) is 3.00. The van der Waals surface area contributed by atoms with E-state index in [9.17, 15) is 19.2 Å². The van der Waals surface area contributed by atoms with Crippen LogP contribution in [0.4, 0.5) is 4.79 Å². The van der Waals surface area contributed by atoms with E-state index in [0.29, 0.717) is 19.6 Å². The smallest absolute Gasteiger partial charge is 0.407 e. The number of hydrogen-bond donors (Lipinski definition) is 1. The zero-order valence-corrected chi connectivity index (χ0v) is 24.5. The molecule has 0 aromatic heterocycles. The Morgan fingerprint density at radius 3 is 2.38 bits per heavy atom. The van der Waals surface area contributed by atoms with E-state index in [1.165, 1.54) is 7.11 Å². The second-order valence-corrected chi connectivity index (χ2v) is 9.92. The Balaban J connectivity index is 1.50. The molecule has 1 atom stereocenters. The van der Waals surface area contributed by atoms with Gasteiger partial charge in [-0.25, -0.2) is 9.59 Å². The van der Waals surface area contributed by atoms with E-state index < -0.39 is 12.1 Å². The lowest BCUT2D eigenvalue weighted by atomic mass is 10.1. The van der Waals surface area contributed by atoms with Crippen LogP contribution < -0.4 is 10.1 Å². The van der Waals surface area contributed by atoms with Crippen LogP contribution in [0.1, 0.15) is 17.5 Å². The molecule has 2 aromatic rings. The van der Waals surface area contributed by atoms with Crippen molar-refractivity contribution < 1.29 is 38.1 Å². The number of hydrogen-bond acceptors (Lipinski definition) is 9. The van der Waals surface area contributed by atoms with Crippen LogP contribution >= 0.6 is 0 Å². The minimum atomic E-state index is -0.600. The van der Waals surface area contributed by atoms with Crippen LogP contribution in [0, 0.1) is 0 Å². The van der Waals surface area contributed by atoms with Crippen molar-refractivity contribution >= 4 is 23.9 Å². The molecule has 12 heteroatoms. The zero-order chi connectivity index (χ0) is 30.3. The summed E-state index contributed by atoms with van der Waals surface area (Å²) in [5.41, 5.74) is 1.83. The number of nitrogens with one attached hydrogen (secondary N) is 1. The van der Waals surface area contributed by atoms with Gasteiger partial charge in [-0.05, 0) is 23.3 Å². The Bertz CT molecular complexity index is 1160. The number of rotatable bonds is 14. The number of ether oxygens (including phenoxy) is 4. The minimum Gasteiger partial charge on any atom is -0.497 e. The highest BCUT2D eigenvalue weighted by atomic mass is 16.6. The number of esters is 1. The number of amides is 3. The van der Waals surface area contributed by atoms with Crippen LogP contribution in [0.25, 0.3) is 0 Å². The number of carbonyl (C=O) groups is 4. The third kappa shape index (κ3) is 10.7. The van der Waals surface area contributed by atoms with E-state index >= 15 is 0 Å². The molecule has 1 N–H and O–H groups in total. The molecule has 1 saturated heterocycles. The van der Waals surface area contributed by atoms with Crippen molar-refractivity contribution in [2.75, 3.05) is 67.2 Å². The Hall–Kier alpha value is -4.16. The van der Waals surface area contributed by atoms with Gasteiger partial charge in [-0.3, -0.25) is 14.5 Å². The number of alkyl carbamates (subject to hydrolysis) is 1. The van der Waals surface area contributed by atoms with Crippen molar-refractivity contribution in [2.24, 2.45) is 0 Å². The van der Waals surface area contributed by atoms with Gasteiger partial charge in [0.2, 0.25) is 11.8 Å². The van der Waals surface area contributed by atoms with Crippen molar-refractivity contribution in [1.82, 2.24) is 20.0 Å². The SMILES string of the molecule is COCC(=O)OCC1CN(C(=O)CCNC(=O)OCc2ccccc2)CCN1CC(=O)N(C)Cc1ccc(OC)cc1. The molecule has 228 valence electrons. The highest BCUT2D eigenvalue weighted by molar-refractivity contribution is 5.79. The predicted octanol–water partition coefficient (Wildman–Crippen LogP) is 1.67. The van der Waals surface area contributed by atoms with Gasteiger partial charge in [-0.15, -0.1) is 0 Å². The molecule has 3 amide bonds.